The van der Waals surface area contributed by atoms with E-state index in [1.54, 1.807) is 63.5 Å². The van der Waals surface area contributed by atoms with E-state index in [2.05, 4.69) is 0 Å². The zero-order chi connectivity index (χ0) is 45.7. The maximum atomic E-state index is 17.3. The SMILES string of the molecule is C[C@@H]1Cc2c(n(C(=O)OC(C)(C)C)c3ccccc23)[C@@H](c2sc(O[C@@H]3CCN(C(=O)OC(C)(C)C)C3)cc2F)N1CC(F)(F)CO[Si](c1ccccc1)(c1ccccc1)C(C)(C)C. The van der Waals surface area contributed by atoms with Gasteiger partial charge < -0.3 is 23.5 Å². The van der Waals surface area contributed by atoms with Crippen molar-refractivity contribution in [2.45, 2.75) is 122 Å². The summed E-state index contributed by atoms with van der Waals surface area (Å²) in [5.74, 6) is -4.10. The minimum Gasteiger partial charge on any atom is -0.479 e. The Morgan fingerprint density at radius 3 is 1.97 bits per heavy atom. The van der Waals surface area contributed by atoms with Crippen LogP contribution in [0.4, 0.5) is 22.8 Å². The molecule has 5 aromatic rings. The van der Waals surface area contributed by atoms with Gasteiger partial charge in [-0.05, 0) is 81.9 Å². The summed E-state index contributed by atoms with van der Waals surface area (Å²) in [5, 5.41) is 2.20. The van der Waals surface area contributed by atoms with E-state index in [1.807, 2.05) is 100 Å². The Morgan fingerprint density at radius 2 is 1.38 bits per heavy atom. The molecule has 7 rings (SSSR count). The van der Waals surface area contributed by atoms with Crippen LogP contribution in [0.5, 0.6) is 5.06 Å². The summed E-state index contributed by atoms with van der Waals surface area (Å²) in [4.78, 5) is 30.5. The maximum absolute atomic E-state index is 17.3. The minimum atomic E-state index is -3.44. The lowest BCUT2D eigenvalue weighted by atomic mass is 9.91. The first kappa shape index (κ1) is 46.4. The van der Waals surface area contributed by atoms with Crippen molar-refractivity contribution < 1.29 is 41.4 Å². The van der Waals surface area contributed by atoms with Gasteiger partial charge in [0, 0.05) is 30.5 Å². The van der Waals surface area contributed by atoms with Crippen LogP contribution in [0.1, 0.15) is 97.8 Å². The van der Waals surface area contributed by atoms with Gasteiger partial charge in [0.05, 0.1) is 41.8 Å². The number of ether oxygens (including phenoxy) is 3. The van der Waals surface area contributed by atoms with Gasteiger partial charge in [0.1, 0.15) is 23.1 Å². The fraction of sp³-hybridized carbons (Fsp3) is 0.469. The number of alkyl halides is 2. The van der Waals surface area contributed by atoms with Crippen molar-refractivity contribution in [2.75, 3.05) is 26.2 Å². The molecule has 338 valence electrons. The Labute approximate surface area is 374 Å². The van der Waals surface area contributed by atoms with Crippen LogP contribution in [0.15, 0.2) is 91.0 Å². The Balaban J connectivity index is 1.29. The first-order chi connectivity index (χ1) is 29.5. The van der Waals surface area contributed by atoms with E-state index < -0.39 is 79.8 Å². The van der Waals surface area contributed by atoms with Crippen molar-refractivity contribution in [2.24, 2.45) is 0 Å². The smallest absolute Gasteiger partial charge is 0.419 e. The number of aromatic nitrogens is 1. The van der Waals surface area contributed by atoms with E-state index in [0.29, 0.717) is 30.6 Å². The number of nitrogens with zero attached hydrogens (tertiary/aromatic N) is 3. The average molecular weight is 904 g/mol. The van der Waals surface area contributed by atoms with Gasteiger partial charge in [-0.15, -0.1) is 0 Å². The molecular formula is C49H60F3N3O6SSi. The van der Waals surface area contributed by atoms with Gasteiger partial charge in [0.25, 0.3) is 14.2 Å². The maximum Gasteiger partial charge on any atom is 0.419 e. The van der Waals surface area contributed by atoms with E-state index in [4.69, 9.17) is 18.6 Å². The highest BCUT2D eigenvalue weighted by molar-refractivity contribution is 7.14. The number of halogens is 3. The lowest BCUT2D eigenvalue weighted by Crippen LogP contribution is -2.67. The number of hydrogen-bond donors (Lipinski definition) is 0. The number of likely N-dealkylation sites (tertiary alicyclic amines) is 1. The molecule has 2 aromatic heterocycles. The predicted molar refractivity (Wildman–Crippen MR) is 245 cm³/mol. The Bertz CT molecular complexity index is 2380. The molecule has 1 fully saturated rings. The van der Waals surface area contributed by atoms with E-state index in [0.717, 1.165) is 32.7 Å². The molecule has 0 saturated carbocycles. The third kappa shape index (κ3) is 9.74. The molecule has 14 heteroatoms. The number of fused-ring (bicyclic) bond motifs is 3. The first-order valence-corrected chi connectivity index (χ1v) is 24.4. The monoisotopic (exact) mass is 903 g/mol. The topological polar surface area (TPSA) is 82.5 Å². The molecule has 2 aliphatic rings. The molecule has 0 spiro atoms. The molecule has 2 aliphatic heterocycles. The Hall–Kier alpha value is -4.63. The lowest BCUT2D eigenvalue weighted by molar-refractivity contribution is -0.0822. The summed E-state index contributed by atoms with van der Waals surface area (Å²) in [6.45, 7) is 17.6. The Morgan fingerprint density at radius 1 is 0.810 bits per heavy atom. The number of para-hydroxylation sites is 1. The van der Waals surface area contributed by atoms with Gasteiger partial charge in [-0.25, -0.2) is 27.3 Å². The number of rotatable bonds is 10. The largest absolute Gasteiger partial charge is 0.479 e. The molecule has 63 heavy (non-hydrogen) atoms. The standard InChI is InChI=1S/C49H60F3N3O6SSi/c1-32-27-37-36-23-17-18-24-39(36)55(45(57)61-47(5,6)7)41(37)42(43-38(50)28-40(62-43)59-33-25-26-53(29-33)44(56)60-46(2,3)4)54(32)30-49(51,52)31-58-63(48(8,9)10,34-19-13-11-14-20-34)35-21-15-12-16-22-35/h11-24,28,32-33,42H,25-27,29-31H2,1-10H3/t32-,33-,42+/m1/s1. The van der Waals surface area contributed by atoms with Crippen molar-refractivity contribution in [1.82, 2.24) is 14.4 Å². The number of hydrogen-bond acceptors (Lipinski definition) is 8. The van der Waals surface area contributed by atoms with Crippen LogP contribution in [-0.2, 0) is 20.3 Å². The van der Waals surface area contributed by atoms with E-state index in [9.17, 15) is 9.59 Å². The predicted octanol–water partition coefficient (Wildman–Crippen LogP) is 10.6. The van der Waals surface area contributed by atoms with Crippen LogP contribution in [0.25, 0.3) is 10.9 Å². The minimum absolute atomic E-state index is 0.121. The summed E-state index contributed by atoms with van der Waals surface area (Å²) in [7, 11) is -3.37. The summed E-state index contributed by atoms with van der Waals surface area (Å²) in [6.07, 6.45) is -0.789. The molecule has 0 unspecified atom stereocenters. The number of amides is 1. The van der Waals surface area contributed by atoms with Crippen molar-refractivity contribution in [3.63, 3.8) is 0 Å². The zero-order valence-electron chi connectivity index (χ0n) is 38.0. The van der Waals surface area contributed by atoms with Gasteiger partial charge in [0.2, 0.25) is 0 Å². The highest BCUT2D eigenvalue weighted by Crippen LogP contribution is 2.48. The van der Waals surface area contributed by atoms with Crippen LogP contribution >= 0.6 is 11.3 Å². The molecule has 1 amide bonds. The molecule has 3 aromatic carbocycles. The Kier molecular flexibility index (Phi) is 12.8. The third-order valence-corrected chi connectivity index (χ3v) is 17.6. The molecule has 4 heterocycles. The second-order valence-corrected chi connectivity index (χ2v) is 25.2. The fourth-order valence-electron chi connectivity index (χ4n) is 9.05. The number of carbonyl (C=O) groups excluding carboxylic acids is 2. The highest BCUT2D eigenvalue weighted by atomic mass is 32.1. The molecule has 1 saturated heterocycles. The fourth-order valence-corrected chi connectivity index (χ4v) is 14.7. The van der Waals surface area contributed by atoms with Gasteiger partial charge in [-0.2, -0.15) is 0 Å². The molecule has 3 atom stereocenters. The third-order valence-electron chi connectivity index (χ3n) is 11.6. The molecule has 0 aliphatic carbocycles. The van der Waals surface area contributed by atoms with Crippen LogP contribution in [0.3, 0.4) is 0 Å². The van der Waals surface area contributed by atoms with Crippen molar-refractivity contribution in [1.29, 1.82) is 0 Å². The highest BCUT2D eigenvalue weighted by Gasteiger charge is 2.53. The molecular weight excluding hydrogens is 844 g/mol. The first-order valence-electron chi connectivity index (χ1n) is 21.7. The van der Waals surface area contributed by atoms with E-state index in [1.165, 1.54) is 10.6 Å². The van der Waals surface area contributed by atoms with Crippen LogP contribution in [-0.4, -0.2) is 90.4 Å². The van der Waals surface area contributed by atoms with Crippen molar-refractivity contribution in [3.8, 4) is 5.06 Å². The van der Waals surface area contributed by atoms with Gasteiger partial charge in [0.15, 0.2) is 5.06 Å². The summed E-state index contributed by atoms with van der Waals surface area (Å²) < 4.78 is 77.5. The molecule has 0 N–H and O–H groups in total. The normalized spacial score (nSPS) is 19.0. The van der Waals surface area contributed by atoms with Gasteiger partial charge in [-0.3, -0.25) is 4.90 Å². The summed E-state index contributed by atoms with van der Waals surface area (Å²) in [5.41, 5.74) is 0.115. The lowest BCUT2D eigenvalue weighted by Gasteiger charge is -2.45. The van der Waals surface area contributed by atoms with E-state index >= 15 is 13.2 Å². The van der Waals surface area contributed by atoms with Crippen LogP contribution < -0.4 is 15.1 Å². The van der Waals surface area contributed by atoms with Crippen molar-refractivity contribution in [3.05, 3.63) is 113 Å². The quantitative estimate of drug-likeness (QED) is 0.129. The number of thiophene rings is 1. The molecule has 9 nitrogen and oxygen atoms in total. The summed E-state index contributed by atoms with van der Waals surface area (Å²) in [6, 6.07) is 26.3. The second-order valence-electron chi connectivity index (χ2n) is 19.9. The van der Waals surface area contributed by atoms with E-state index in [-0.39, 0.29) is 16.5 Å². The average Bonchev–Trinajstić information content (AvgIpc) is 3.90. The molecule has 0 bridgehead atoms. The van der Waals surface area contributed by atoms with Crippen LogP contribution in [0.2, 0.25) is 5.04 Å². The number of carbonyl (C=O) groups is 2. The molecule has 0 radical (unpaired) electrons. The van der Waals surface area contributed by atoms with Crippen molar-refractivity contribution >= 4 is 53.1 Å². The zero-order valence-corrected chi connectivity index (χ0v) is 39.8. The number of benzene rings is 3. The van der Waals surface area contributed by atoms with Crippen LogP contribution in [0, 0.1) is 5.82 Å². The summed E-state index contributed by atoms with van der Waals surface area (Å²) >= 11 is 1.02. The second kappa shape index (κ2) is 17.4. The van der Waals surface area contributed by atoms with Gasteiger partial charge >= 0.3 is 12.2 Å². The van der Waals surface area contributed by atoms with Gasteiger partial charge in [-0.1, -0.05) is 111 Å².